The van der Waals surface area contributed by atoms with Crippen molar-refractivity contribution in [2.45, 2.75) is 36.8 Å². The highest BCUT2D eigenvalue weighted by Gasteiger charge is 2.51. The van der Waals surface area contributed by atoms with Crippen LogP contribution in [0.5, 0.6) is 23.0 Å². The second-order valence-electron chi connectivity index (χ2n) is 8.62. The molecule has 12 nitrogen and oxygen atoms in total. The van der Waals surface area contributed by atoms with Gasteiger partial charge >= 0.3 is 11.9 Å². The van der Waals surface area contributed by atoms with Gasteiger partial charge in [0.05, 0.1) is 0 Å². The normalized spacial score (nSPS) is 23.3. The van der Waals surface area contributed by atoms with Crippen LogP contribution in [0.1, 0.15) is 24.0 Å². The van der Waals surface area contributed by atoms with E-state index in [1.807, 2.05) is 0 Å². The summed E-state index contributed by atoms with van der Waals surface area (Å²) < 4.78 is 10.5. The minimum Gasteiger partial charge on any atom is -0.504 e. The monoisotopic (exact) mass is 529 g/mol. The Balaban J connectivity index is 1.73. The maximum absolute atomic E-state index is 12.4. The number of likely N-dealkylation sites (N-methyl/N-ethyl adjacent to an activating group) is 1. The standard InChI is InChI=1S/C26H27NO11/c1-27-25(35)26(36)12-20(37-22(32)8-4-14-2-6-16(28)18(30)10-14)24(34)21(13-26)38-23(33)9-5-15-3-7-17(29)19(31)11-15/h2-11,20-21,24,28-31,34,36H,12-13H2,1H3,(H,27,35)/b8-4+,9-5+/t20-,21-,24?,26?/m1/s1. The van der Waals surface area contributed by atoms with Crippen molar-refractivity contribution in [1.29, 1.82) is 0 Å². The first-order chi connectivity index (χ1) is 17.9. The molecule has 0 radical (unpaired) electrons. The molecule has 38 heavy (non-hydrogen) atoms. The molecule has 2 aromatic rings. The summed E-state index contributed by atoms with van der Waals surface area (Å²) in [7, 11) is 1.28. The van der Waals surface area contributed by atoms with E-state index in [-0.39, 0.29) is 11.5 Å². The third-order valence-corrected chi connectivity index (χ3v) is 5.85. The van der Waals surface area contributed by atoms with Crippen molar-refractivity contribution < 1.29 is 54.5 Å². The van der Waals surface area contributed by atoms with E-state index in [1.165, 1.54) is 55.6 Å². The van der Waals surface area contributed by atoms with E-state index in [9.17, 15) is 45.0 Å². The molecule has 0 bridgehead atoms. The van der Waals surface area contributed by atoms with Crippen molar-refractivity contribution in [2.24, 2.45) is 0 Å². The molecule has 2 atom stereocenters. The molecule has 1 aliphatic carbocycles. The topological polar surface area (TPSA) is 203 Å². The summed E-state index contributed by atoms with van der Waals surface area (Å²) in [6.07, 6.45) is -0.944. The quantitative estimate of drug-likeness (QED) is 0.151. The van der Waals surface area contributed by atoms with Gasteiger partial charge in [-0.05, 0) is 47.5 Å². The predicted octanol–water partition coefficient (Wildman–Crippen LogP) is 0.691. The highest BCUT2D eigenvalue weighted by Crippen LogP contribution is 2.33. The van der Waals surface area contributed by atoms with Crippen LogP contribution in [0.3, 0.4) is 0 Å². The van der Waals surface area contributed by atoms with Crippen molar-refractivity contribution in [3.8, 4) is 23.0 Å². The molecule has 0 spiro atoms. The molecule has 0 aromatic heterocycles. The number of aromatic hydroxyl groups is 4. The number of hydrogen-bond donors (Lipinski definition) is 7. The molecule has 1 amide bonds. The van der Waals surface area contributed by atoms with Crippen molar-refractivity contribution in [3.05, 3.63) is 59.7 Å². The van der Waals surface area contributed by atoms with Gasteiger partial charge in [0.2, 0.25) is 0 Å². The summed E-state index contributed by atoms with van der Waals surface area (Å²) in [5.74, 6) is -4.25. The summed E-state index contributed by atoms with van der Waals surface area (Å²) in [6.45, 7) is 0. The van der Waals surface area contributed by atoms with Crippen LogP contribution in [0, 0.1) is 0 Å². The van der Waals surface area contributed by atoms with Crippen molar-refractivity contribution in [1.82, 2.24) is 5.32 Å². The number of amides is 1. The molecule has 1 fully saturated rings. The molecule has 202 valence electrons. The van der Waals surface area contributed by atoms with E-state index in [0.717, 1.165) is 12.2 Å². The number of ether oxygens (including phenoxy) is 2. The zero-order chi connectivity index (χ0) is 28.0. The van der Waals surface area contributed by atoms with E-state index >= 15 is 0 Å². The van der Waals surface area contributed by atoms with E-state index in [2.05, 4.69) is 5.32 Å². The van der Waals surface area contributed by atoms with Gasteiger partial charge in [-0.3, -0.25) is 4.79 Å². The van der Waals surface area contributed by atoms with Crippen molar-refractivity contribution >= 4 is 30.0 Å². The van der Waals surface area contributed by atoms with E-state index < -0.39 is 66.1 Å². The maximum Gasteiger partial charge on any atom is 0.331 e. The molecule has 1 aliphatic rings. The number of aliphatic hydroxyl groups is 2. The van der Waals surface area contributed by atoms with Crippen LogP contribution in [-0.2, 0) is 23.9 Å². The predicted molar refractivity (Wildman–Crippen MR) is 132 cm³/mol. The summed E-state index contributed by atoms with van der Waals surface area (Å²) >= 11 is 0. The molecular formula is C26H27NO11. The minimum absolute atomic E-state index is 0.347. The van der Waals surface area contributed by atoms with Gasteiger partial charge in [0.1, 0.15) is 23.9 Å². The number of carbonyl (C=O) groups is 3. The summed E-state index contributed by atoms with van der Waals surface area (Å²) in [5.41, 5.74) is -1.43. The Morgan fingerprint density at radius 3 is 1.61 bits per heavy atom. The third kappa shape index (κ3) is 6.81. The van der Waals surface area contributed by atoms with Crippen LogP contribution in [0.2, 0.25) is 0 Å². The zero-order valence-corrected chi connectivity index (χ0v) is 20.1. The van der Waals surface area contributed by atoms with Gasteiger partial charge in [0, 0.05) is 32.0 Å². The number of rotatable bonds is 7. The fourth-order valence-electron chi connectivity index (χ4n) is 3.86. The molecule has 0 saturated heterocycles. The summed E-state index contributed by atoms with van der Waals surface area (Å²) in [5, 5.41) is 61.8. The van der Waals surface area contributed by atoms with Gasteiger partial charge in [0.25, 0.3) is 5.91 Å². The van der Waals surface area contributed by atoms with Crippen molar-refractivity contribution in [2.75, 3.05) is 7.05 Å². The molecule has 7 N–H and O–H groups in total. The average molecular weight is 529 g/mol. The zero-order valence-electron chi connectivity index (χ0n) is 20.1. The van der Waals surface area contributed by atoms with E-state index in [0.29, 0.717) is 11.1 Å². The van der Waals surface area contributed by atoms with Crippen LogP contribution >= 0.6 is 0 Å². The molecule has 2 aromatic carbocycles. The molecule has 0 aliphatic heterocycles. The Kier molecular flexibility index (Phi) is 8.61. The maximum atomic E-state index is 12.4. The Hall–Kier alpha value is -4.55. The average Bonchev–Trinajstić information content (AvgIpc) is 2.87. The molecule has 12 heteroatoms. The van der Waals surface area contributed by atoms with Gasteiger partial charge in [-0.1, -0.05) is 12.1 Å². The lowest BCUT2D eigenvalue weighted by Gasteiger charge is -2.41. The number of benzene rings is 2. The molecule has 1 saturated carbocycles. The van der Waals surface area contributed by atoms with E-state index in [4.69, 9.17) is 9.47 Å². The number of phenols is 4. The lowest BCUT2D eigenvalue weighted by Crippen LogP contribution is -2.60. The number of carbonyl (C=O) groups excluding carboxylic acids is 3. The number of aliphatic hydroxyl groups excluding tert-OH is 1. The largest absolute Gasteiger partial charge is 0.504 e. The smallest absolute Gasteiger partial charge is 0.331 e. The van der Waals surface area contributed by atoms with E-state index in [1.54, 1.807) is 0 Å². The SMILES string of the molecule is CNC(=O)C1(O)C[C@@H](OC(=O)/C=C/c2ccc(O)c(O)c2)C(O)[C@H](OC(=O)/C=C/c2ccc(O)c(O)c2)C1. The Labute approximate surface area is 216 Å². The van der Waals surface area contributed by atoms with Crippen molar-refractivity contribution in [3.63, 3.8) is 0 Å². The second kappa shape index (κ2) is 11.7. The Bertz CT molecular complexity index is 1180. The first kappa shape index (κ1) is 28.0. The van der Waals surface area contributed by atoms with Crippen LogP contribution in [-0.4, -0.2) is 79.4 Å². The second-order valence-corrected chi connectivity index (χ2v) is 8.62. The first-order valence-electron chi connectivity index (χ1n) is 11.4. The third-order valence-electron chi connectivity index (χ3n) is 5.85. The molecule has 0 heterocycles. The fourth-order valence-corrected chi connectivity index (χ4v) is 3.86. The fraction of sp³-hybridized carbons (Fsp3) is 0.269. The van der Waals surface area contributed by atoms with Gasteiger partial charge in [-0.2, -0.15) is 0 Å². The van der Waals surface area contributed by atoms with Crippen LogP contribution in [0.25, 0.3) is 12.2 Å². The number of esters is 2. The van der Waals surface area contributed by atoms with Crippen LogP contribution in [0.4, 0.5) is 0 Å². The molecule has 3 rings (SSSR count). The summed E-state index contributed by atoms with van der Waals surface area (Å²) in [4.78, 5) is 37.2. The number of phenolic OH excluding ortho intramolecular Hbond substituents is 4. The first-order valence-corrected chi connectivity index (χ1v) is 11.4. The minimum atomic E-state index is -2.14. The number of hydrogen-bond acceptors (Lipinski definition) is 11. The molecular weight excluding hydrogens is 502 g/mol. The van der Waals surface area contributed by atoms with Gasteiger partial charge in [0.15, 0.2) is 23.0 Å². The highest BCUT2D eigenvalue weighted by molar-refractivity contribution is 5.89. The molecule has 0 unspecified atom stereocenters. The highest BCUT2D eigenvalue weighted by atomic mass is 16.6. The lowest BCUT2D eigenvalue weighted by molar-refractivity contribution is -0.196. The number of nitrogens with one attached hydrogen (secondary N) is 1. The van der Waals surface area contributed by atoms with Gasteiger partial charge in [-0.25, -0.2) is 9.59 Å². The van der Waals surface area contributed by atoms with Crippen LogP contribution < -0.4 is 5.32 Å². The summed E-state index contributed by atoms with van der Waals surface area (Å²) in [6, 6.07) is 7.66. The van der Waals surface area contributed by atoms with Crippen LogP contribution in [0.15, 0.2) is 48.6 Å². The van der Waals surface area contributed by atoms with Gasteiger partial charge in [-0.15, -0.1) is 0 Å². The Morgan fingerprint density at radius 1 is 0.816 bits per heavy atom. The van der Waals surface area contributed by atoms with Gasteiger partial charge < -0.3 is 45.4 Å². The lowest BCUT2D eigenvalue weighted by atomic mass is 9.78. The Morgan fingerprint density at radius 2 is 1.24 bits per heavy atom.